The highest BCUT2D eigenvalue weighted by atomic mass is 19.3. The van der Waals surface area contributed by atoms with Crippen molar-refractivity contribution >= 4 is 11.4 Å². The molecule has 0 amide bonds. The van der Waals surface area contributed by atoms with E-state index < -0.39 is 46.7 Å². The highest BCUT2D eigenvalue weighted by molar-refractivity contribution is 5.49. The van der Waals surface area contributed by atoms with Crippen molar-refractivity contribution in [2.45, 2.75) is 18.9 Å². The van der Waals surface area contributed by atoms with Crippen LogP contribution < -0.4 is 5.32 Å². The Morgan fingerprint density at radius 2 is 1.81 bits per heavy atom. The van der Waals surface area contributed by atoms with E-state index in [0.717, 1.165) is 12.1 Å². The van der Waals surface area contributed by atoms with Gasteiger partial charge in [0.25, 0.3) is 11.4 Å². The summed E-state index contributed by atoms with van der Waals surface area (Å²) in [4.78, 5) is 19.5. The number of nitrogens with zero attached hydrogens (tertiary/aromatic N) is 2. The maximum Gasteiger partial charge on any atom is 0.319 e. The van der Waals surface area contributed by atoms with Crippen LogP contribution in [0.15, 0.2) is 18.2 Å². The highest BCUT2D eigenvalue weighted by Crippen LogP contribution is 2.25. The van der Waals surface area contributed by atoms with E-state index in [0.29, 0.717) is 6.07 Å². The first-order valence-electron chi connectivity index (χ1n) is 5.43. The van der Waals surface area contributed by atoms with Gasteiger partial charge in [-0.1, -0.05) is 0 Å². The van der Waals surface area contributed by atoms with Crippen LogP contribution >= 0.6 is 0 Å². The predicted molar refractivity (Wildman–Crippen MR) is 62.4 cm³/mol. The maximum atomic E-state index is 12.6. The Bertz CT molecular complexity index is 553. The summed E-state index contributed by atoms with van der Waals surface area (Å²) < 4.78 is 49.1. The Labute approximate surface area is 114 Å². The van der Waals surface area contributed by atoms with E-state index in [1.807, 2.05) is 5.32 Å². The highest BCUT2D eigenvalue weighted by Gasteiger charge is 2.40. The molecule has 1 aromatic carbocycles. The van der Waals surface area contributed by atoms with Crippen molar-refractivity contribution in [2.24, 2.45) is 0 Å². The van der Waals surface area contributed by atoms with Crippen LogP contribution in [0.4, 0.5) is 28.9 Å². The van der Waals surface area contributed by atoms with Crippen molar-refractivity contribution in [3.05, 3.63) is 44.0 Å². The number of non-ortho nitro benzene ring substituents is 1. The molecule has 21 heavy (non-hydrogen) atoms. The van der Waals surface area contributed by atoms with Gasteiger partial charge in [-0.2, -0.15) is 8.78 Å². The molecule has 0 aliphatic carbocycles. The molecule has 1 aromatic rings. The Morgan fingerprint density at radius 3 is 2.29 bits per heavy atom. The number of hydrogen-bond donors (Lipinski definition) is 1. The lowest BCUT2D eigenvalue weighted by Crippen LogP contribution is -2.38. The normalized spacial score (nSPS) is 11.7. The molecule has 0 saturated carbocycles. The molecule has 0 radical (unpaired) electrons. The molecule has 1 N–H and O–H groups in total. The van der Waals surface area contributed by atoms with Crippen LogP contribution in [0.25, 0.3) is 0 Å². The third kappa shape index (κ3) is 4.34. The number of benzene rings is 1. The first-order valence-corrected chi connectivity index (χ1v) is 5.43. The molecule has 0 heterocycles. The molecule has 0 aliphatic rings. The first kappa shape index (κ1) is 16.8. The van der Waals surface area contributed by atoms with Gasteiger partial charge in [0.1, 0.15) is 0 Å². The molecule has 7 nitrogen and oxygen atoms in total. The SMILES string of the molecule is O=[N+]([O-])c1ccc(CNCC(F)(F)C(F)F)c([N+](=O)[O-])c1. The molecule has 0 fully saturated rings. The summed E-state index contributed by atoms with van der Waals surface area (Å²) >= 11 is 0. The van der Waals surface area contributed by atoms with Gasteiger partial charge in [0.2, 0.25) is 0 Å². The standard InChI is InChI=1S/C10H9F4N3O4/c11-9(12)10(13,14)5-15-4-6-1-2-7(16(18)19)3-8(6)17(20)21/h1-3,9,15H,4-5H2. The predicted octanol–water partition coefficient (Wildman–Crippen LogP) is 2.49. The fourth-order valence-electron chi connectivity index (χ4n) is 1.43. The van der Waals surface area contributed by atoms with Crippen LogP contribution in [0.5, 0.6) is 0 Å². The van der Waals surface area contributed by atoms with Crippen molar-refractivity contribution < 1.29 is 27.4 Å². The van der Waals surface area contributed by atoms with Crippen molar-refractivity contribution in [1.82, 2.24) is 5.32 Å². The Hall–Kier alpha value is -2.30. The minimum absolute atomic E-state index is 0.129. The van der Waals surface area contributed by atoms with Gasteiger partial charge >= 0.3 is 12.3 Å². The van der Waals surface area contributed by atoms with Gasteiger partial charge in [-0.25, -0.2) is 8.78 Å². The second kappa shape index (κ2) is 6.43. The number of alkyl halides is 4. The Morgan fingerprint density at radius 1 is 1.19 bits per heavy atom. The fraction of sp³-hybridized carbons (Fsp3) is 0.400. The molecule has 0 bridgehead atoms. The van der Waals surface area contributed by atoms with Crippen LogP contribution in [0.3, 0.4) is 0 Å². The van der Waals surface area contributed by atoms with Crippen LogP contribution in [0.1, 0.15) is 5.56 Å². The molecule has 0 spiro atoms. The molecule has 0 saturated heterocycles. The molecule has 116 valence electrons. The summed E-state index contributed by atoms with van der Waals surface area (Å²) in [5.74, 6) is -4.27. The van der Waals surface area contributed by atoms with Crippen LogP contribution in [0, 0.1) is 20.2 Å². The largest absolute Gasteiger partial charge is 0.319 e. The number of halogens is 4. The van der Waals surface area contributed by atoms with Gasteiger partial charge in [0.05, 0.1) is 22.5 Å². The second-order valence-electron chi connectivity index (χ2n) is 3.99. The quantitative estimate of drug-likeness (QED) is 0.474. The van der Waals surface area contributed by atoms with Crippen molar-refractivity contribution in [3.8, 4) is 0 Å². The van der Waals surface area contributed by atoms with E-state index in [1.165, 1.54) is 0 Å². The smallest absolute Gasteiger partial charge is 0.307 e. The van der Waals surface area contributed by atoms with Gasteiger partial charge in [-0.05, 0) is 6.07 Å². The number of nitro benzene ring substituents is 2. The molecular weight excluding hydrogens is 302 g/mol. The lowest BCUT2D eigenvalue weighted by atomic mass is 10.1. The van der Waals surface area contributed by atoms with Gasteiger partial charge in [-0.3, -0.25) is 20.2 Å². The maximum absolute atomic E-state index is 12.6. The van der Waals surface area contributed by atoms with E-state index in [9.17, 15) is 37.8 Å². The van der Waals surface area contributed by atoms with Crippen LogP contribution in [-0.2, 0) is 6.54 Å². The third-order valence-electron chi connectivity index (χ3n) is 2.47. The molecule has 0 aromatic heterocycles. The minimum Gasteiger partial charge on any atom is -0.307 e. The summed E-state index contributed by atoms with van der Waals surface area (Å²) in [7, 11) is 0. The summed E-state index contributed by atoms with van der Waals surface area (Å²) in [6, 6.07) is 2.63. The zero-order chi connectivity index (χ0) is 16.2. The van der Waals surface area contributed by atoms with E-state index >= 15 is 0 Å². The average molecular weight is 311 g/mol. The zero-order valence-corrected chi connectivity index (χ0v) is 10.3. The third-order valence-corrected chi connectivity index (χ3v) is 2.47. The number of hydrogen-bond acceptors (Lipinski definition) is 5. The second-order valence-corrected chi connectivity index (χ2v) is 3.99. The van der Waals surface area contributed by atoms with Crippen LogP contribution in [0.2, 0.25) is 0 Å². The summed E-state index contributed by atoms with van der Waals surface area (Å²) in [5, 5.41) is 23.2. The molecule has 0 aliphatic heterocycles. The summed E-state index contributed by atoms with van der Waals surface area (Å²) in [6.45, 7) is -1.88. The zero-order valence-electron chi connectivity index (χ0n) is 10.3. The molecule has 0 atom stereocenters. The Balaban J connectivity index is 2.84. The Kier molecular flexibility index (Phi) is 5.13. The molecule has 0 unspecified atom stereocenters. The van der Waals surface area contributed by atoms with Gasteiger partial charge < -0.3 is 5.32 Å². The van der Waals surface area contributed by atoms with Crippen molar-refractivity contribution in [3.63, 3.8) is 0 Å². The number of nitro groups is 2. The fourth-order valence-corrected chi connectivity index (χ4v) is 1.43. The summed E-state index contributed by atoms with van der Waals surface area (Å²) in [6.07, 6.45) is -3.86. The van der Waals surface area contributed by atoms with E-state index in [2.05, 4.69) is 0 Å². The summed E-state index contributed by atoms with van der Waals surface area (Å²) in [5.41, 5.74) is -1.32. The number of nitrogens with one attached hydrogen (secondary N) is 1. The topological polar surface area (TPSA) is 98.3 Å². The van der Waals surface area contributed by atoms with Crippen molar-refractivity contribution in [1.29, 1.82) is 0 Å². The lowest BCUT2D eigenvalue weighted by molar-refractivity contribution is -0.394. The van der Waals surface area contributed by atoms with Gasteiger partial charge in [0.15, 0.2) is 0 Å². The van der Waals surface area contributed by atoms with E-state index in [-0.39, 0.29) is 5.56 Å². The van der Waals surface area contributed by atoms with E-state index in [1.54, 1.807) is 0 Å². The molecule has 1 rings (SSSR count). The molecular formula is C10H9F4N3O4. The monoisotopic (exact) mass is 311 g/mol. The average Bonchev–Trinajstić information content (AvgIpc) is 2.38. The van der Waals surface area contributed by atoms with E-state index in [4.69, 9.17) is 0 Å². The first-order chi connectivity index (χ1) is 9.65. The van der Waals surface area contributed by atoms with Crippen molar-refractivity contribution in [2.75, 3.05) is 6.54 Å². The minimum atomic E-state index is -4.27. The number of rotatable bonds is 7. The molecule has 11 heteroatoms. The van der Waals surface area contributed by atoms with Gasteiger partial charge in [0, 0.05) is 18.2 Å². The van der Waals surface area contributed by atoms with Gasteiger partial charge in [-0.15, -0.1) is 0 Å². The van der Waals surface area contributed by atoms with Crippen LogP contribution in [-0.4, -0.2) is 28.7 Å². The lowest BCUT2D eigenvalue weighted by Gasteiger charge is -2.15.